The van der Waals surface area contributed by atoms with Crippen LogP contribution in [0.5, 0.6) is 0 Å². The van der Waals surface area contributed by atoms with Gasteiger partial charge in [-0.3, -0.25) is 4.90 Å². The molecule has 0 amide bonds. The maximum atomic E-state index is 5.21. The van der Waals surface area contributed by atoms with E-state index < -0.39 is 0 Å². The van der Waals surface area contributed by atoms with Crippen LogP contribution in [0, 0.1) is 0 Å². The number of hydrogen-bond donors (Lipinski definition) is 1. The van der Waals surface area contributed by atoms with Crippen molar-refractivity contribution < 1.29 is 4.74 Å². The van der Waals surface area contributed by atoms with E-state index in [9.17, 15) is 0 Å². The molecular formula is C13H28N2O. The van der Waals surface area contributed by atoms with Gasteiger partial charge in [0.25, 0.3) is 0 Å². The van der Waals surface area contributed by atoms with Gasteiger partial charge in [0.05, 0.1) is 6.61 Å². The number of piperidine rings is 1. The summed E-state index contributed by atoms with van der Waals surface area (Å²) in [4.78, 5) is 2.43. The first-order valence-electron chi connectivity index (χ1n) is 6.59. The van der Waals surface area contributed by atoms with E-state index in [1.54, 1.807) is 7.11 Å². The van der Waals surface area contributed by atoms with Crippen molar-refractivity contribution in [3.8, 4) is 0 Å². The maximum Gasteiger partial charge on any atom is 0.0615 e. The number of nitrogens with zero attached hydrogens (tertiary/aromatic N) is 1. The molecule has 0 radical (unpaired) electrons. The summed E-state index contributed by atoms with van der Waals surface area (Å²) in [6, 6.07) is 1.85. The zero-order valence-corrected chi connectivity index (χ0v) is 11.3. The third-order valence-electron chi connectivity index (χ3n) is 3.84. The average molecular weight is 228 g/mol. The molecule has 1 saturated heterocycles. The van der Waals surface area contributed by atoms with Crippen LogP contribution in [0.3, 0.4) is 0 Å². The molecule has 3 atom stereocenters. The first-order chi connectivity index (χ1) is 7.65. The van der Waals surface area contributed by atoms with Crippen molar-refractivity contribution in [2.24, 2.45) is 0 Å². The number of ether oxygens (including phenoxy) is 1. The molecule has 0 spiro atoms. The molecule has 1 fully saturated rings. The Kier molecular flexibility index (Phi) is 6.32. The molecule has 0 aliphatic carbocycles. The Bertz CT molecular complexity index is 181. The van der Waals surface area contributed by atoms with E-state index in [0.717, 1.165) is 12.6 Å². The second-order valence-corrected chi connectivity index (χ2v) is 5.20. The van der Waals surface area contributed by atoms with Crippen molar-refractivity contribution in [3.05, 3.63) is 0 Å². The average Bonchev–Trinajstić information content (AvgIpc) is 2.29. The Morgan fingerprint density at radius 1 is 1.31 bits per heavy atom. The number of hydrogen-bond acceptors (Lipinski definition) is 3. The van der Waals surface area contributed by atoms with E-state index >= 15 is 0 Å². The van der Waals surface area contributed by atoms with Crippen molar-refractivity contribution in [3.63, 3.8) is 0 Å². The van der Waals surface area contributed by atoms with Gasteiger partial charge in [0.15, 0.2) is 0 Å². The SMILES string of the molecule is COCC(C)N(C)C(C)CC1CCCCN1. The molecule has 0 aromatic rings. The van der Waals surface area contributed by atoms with E-state index in [0.29, 0.717) is 12.1 Å². The van der Waals surface area contributed by atoms with Crippen LogP contribution in [-0.2, 0) is 4.74 Å². The first kappa shape index (κ1) is 13.9. The molecule has 3 nitrogen and oxygen atoms in total. The minimum Gasteiger partial charge on any atom is -0.383 e. The van der Waals surface area contributed by atoms with Gasteiger partial charge < -0.3 is 10.1 Å². The maximum absolute atomic E-state index is 5.21. The van der Waals surface area contributed by atoms with Crippen LogP contribution >= 0.6 is 0 Å². The van der Waals surface area contributed by atoms with Gasteiger partial charge in [-0.05, 0) is 46.7 Å². The highest BCUT2D eigenvalue weighted by Gasteiger charge is 2.20. The predicted molar refractivity (Wildman–Crippen MR) is 68.8 cm³/mol. The molecule has 1 rings (SSSR count). The molecule has 0 aromatic heterocycles. The standard InChI is InChI=1S/C13H28N2O/c1-11(15(3)12(2)10-16-4)9-13-7-5-6-8-14-13/h11-14H,5-10H2,1-4H3. The molecule has 96 valence electrons. The quantitative estimate of drug-likeness (QED) is 0.751. The molecule has 0 bridgehead atoms. The summed E-state index contributed by atoms with van der Waals surface area (Å²) in [6.45, 7) is 6.57. The highest BCUT2D eigenvalue weighted by atomic mass is 16.5. The Hall–Kier alpha value is -0.120. The smallest absolute Gasteiger partial charge is 0.0615 e. The number of methoxy groups -OCH3 is 1. The van der Waals surface area contributed by atoms with Crippen LogP contribution in [0.4, 0.5) is 0 Å². The lowest BCUT2D eigenvalue weighted by atomic mass is 9.98. The van der Waals surface area contributed by atoms with Gasteiger partial charge in [-0.2, -0.15) is 0 Å². The van der Waals surface area contributed by atoms with Crippen LogP contribution in [0.15, 0.2) is 0 Å². The predicted octanol–water partition coefficient (Wildman–Crippen LogP) is 1.87. The largest absolute Gasteiger partial charge is 0.383 e. The van der Waals surface area contributed by atoms with Gasteiger partial charge in [0.2, 0.25) is 0 Å². The van der Waals surface area contributed by atoms with Crippen LogP contribution in [0.1, 0.15) is 39.5 Å². The Morgan fingerprint density at radius 3 is 2.62 bits per heavy atom. The summed E-state index contributed by atoms with van der Waals surface area (Å²) in [7, 11) is 3.98. The van der Waals surface area contributed by atoms with Crippen LogP contribution < -0.4 is 5.32 Å². The zero-order chi connectivity index (χ0) is 12.0. The van der Waals surface area contributed by atoms with Crippen molar-refractivity contribution in [1.82, 2.24) is 10.2 Å². The zero-order valence-electron chi connectivity index (χ0n) is 11.3. The normalized spacial score (nSPS) is 25.7. The Morgan fingerprint density at radius 2 is 2.06 bits per heavy atom. The van der Waals surface area contributed by atoms with Crippen molar-refractivity contribution >= 4 is 0 Å². The molecule has 1 N–H and O–H groups in total. The Balaban J connectivity index is 2.29. The van der Waals surface area contributed by atoms with E-state index in [1.165, 1.54) is 32.2 Å². The minimum absolute atomic E-state index is 0.503. The lowest BCUT2D eigenvalue weighted by Crippen LogP contribution is -2.44. The van der Waals surface area contributed by atoms with Gasteiger partial charge >= 0.3 is 0 Å². The van der Waals surface area contributed by atoms with Crippen LogP contribution in [-0.4, -0.2) is 50.3 Å². The summed E-state index contributed by atoms with van der Waals surface area (Å²) in [5.41, 5.74) is 0. The third kappa shape index (κ3) is 4.40. The number of nitrogens with one attached hydrogen (secondary N) is 1. The first-order valence-corrected chi connectivity index (χ1v) is 6.59. The highest BCUT2D eigenvalue weighted by molar-refractivity contribution is 4.79. The summed E-state index contributed by atoms with van der Waals surface area (Å²) >= 11 is 0. The van der Waals surface area contributed by atoms with E-state index in [2.05, 4.69) is 31.1 Å². The van der Waals surface area contributed by atoms with Gasteiger partial charge in [-0.25, -0.2) is 0 Å². The molecule has 3 unspecified atom stereocenters. The van der Waals surface area contributed by atoms with Crippen LogP contribution in [0.2, 0.25) is 0 Å². The number of rotatable bonds is 6. The lowest BCUT2D eigenvalue weighted by Gasteiger charge is -2.34. The summed E-state index contributed by atoms with van der Waals surface area (Å²) in [5.74, 6) is 0. The Labute approximate surface area is 101 Å². The second kappa shape index (κ2) is 7.25. The number of likely N-dealkylation sites (N-methyl/N-ethyl adjacent to an activating group) is 1. The lowest BCUT2D eigenvalue weighted by molar-refractivity contribution is 0.0865. The van der Waals surface area contributed by atoms with Crippen molar-refractivity contribution in [2.45, 2.75) is 57.7 Å². The minimum atomic E-state index is 0.503. The third-order valence-corrected chi connectivity index (χ3v) is 3.84. The molecular weight excluding hydrogens is 200 g/mol. The van der Waals surface area contributed by atoms with E-state index in [-0.39, 0.29) is 0 Å². The second-order valence-electron chi connectivity index (χ2n) is 5.20. The fourth-order valence-electron chi connectivity index (χ4n) is 2.50. The summed E-state index contributed by atoms with van der Waals surface area (Å²) in [6.07, 6.45) is 5.34. The van der Waals surface area contributed by atoms with Crippen LogP contribution in [0.25, 0.3) is 0 Å². The summed E-state index contributed by atoms with van der Waals surface area (Å²) in [5, 5.41) is 3.62. The summed E-state index contributed by atoms with van der Waals surface area (Å²) < 4.78 is 5.21. The van der Waals surface area contributed by atoms with Gasteiger partial charge in [-0.1, -0.05) is 6.42 Å². The van der Waals surface area contributed by atoms with Crippen molar-refractivity contribution in [1.29, 1.82) is 0 Å². The topological polar surface area (TPSA) is 24.5 Å². The molecule has 0 saturated carbocycles. The van der Waals surface area contributed by atoms with Gasteiger partial charge in [-0.15, -0.1) is 0 Å². The molecule has 1 aliphatic rings. The molecule has 1 heterocycles. The molecule has 16 heavy (non-hydrogen) atoms. The van der Waals surface area contributed by atoms with Gasteiger partial charge in [0.1, 0.15) is 0 Å². The van der Waals surface area contributed by atoms with E-state index in [1.807, 2.05) is 0 Å². The van der Waals surface area contributed by atoms with Gasteiger partial charge in [0, 0.05) is 25.2 Å². The fraction of sp³-hybridized carbons (Fsp3) is 1.00. The monoisotopic (exact) mass is 228 g/mol. The fourth-order valence-corrected chi connectivity index (χ4v) is 2.50. The highest BCUT2D eigenvalue weighted by Crippen LogP contribution is 2.15. The molecule has 1 aliphatic heterocycles. The molecule has 3 heteroatoms. The molecule has 0 aromatic carbocycles. The van der Waals surface area contributed by atoms with Crippen molar-refractivity contribution in [2.75, 3.05) is 27.3 Å². The van der Waals surface area contributed by atoms with E-state index in [4.69, 9.17) is 4.74 Å².